The van der Waals surface area contributed by atoms with Crippen molar-refractivity contribution in [3.05, 3.63) is 17.5 Å². The highest BCUT2D eigenvalue weighted by Gasteiger charge is 2.20. The first-order chi connectivity index (χ1) is 7.31. The van der Waals surface area contributed by atoms with Gasteiger partial charge in [-0.05, 0) is 17.5 Å². The number of carbonyl (C=O) groups is 1. The highest BCUT2D eigenvalue weighted by Crippen LogP contribution is 2.22. The molecule has 1 aliphatic rings. The van der Waals surface area contributed by atoms with Gasteiger partial charge in [-0.2, -0.15) is 0 Å². The molecule has 0 saturated carbocycles. The molecule has 0 unspecified atom stereocenters. The summed E-state index contributed by atoms with van der Waals surface area (Å²) >= 11 is 1.74. The van der Waals surface area contributed by atoms with Crippen molar-refractivity contribution in [2.45, 2.75) is 0 Å². The number of thiophene rings is 1. The van der Waals surface area contributed by atoms with E-state index in [-0.39, 0.29) is 37.3 Å². The van der Waals surface area contributed by atoms with E-state index in [1.54, 1.807) is 11.3 Å². The average molecular weight is 298 g/mol. The summed E-state index contributed by atoms with van der Waals surface area (Å²) in [6.45, 7) is 3.51. The van der Waals surface area contributed by atoms with E-state index >= 15 is 0 Å². The van der Waals surface area contributed by atoms with Gasteiger partial charge in [-0.15, -0.1) is 36.2 Å². The van der Waals surface area contributed by atoms with E-state index < -0.39 is 0 Å². The number of nitrogens with two attached hydrogens (primary N) is 1. The molecule has 98 valence electrons. The molecule has 0 aliphatic carbocycles. The monoisotopic (exact) mass is 297 g/mol. The maximum atomic E-state index is 11.3. The number of rotatable bonds is 2. The molecule has 1 fully saturated rings. The Kier molecular flexibility index (Phi) is 7.54. The number of piperazine rings is 1. The van der Waals surface area contributed by atoms with Crippen molar-refractivity contribution in [3.63, 3.8) is 0 Å². The van der Waals surface area contributed by atoms with E-state index in [0.717, 1.165) is 26.2 Å². The lowest BCUT2D eigenvalue weighted by molar-refractivity contribution is -0.129. The molecule has 2 rings (SSSR count). The minimum Gasteiger partial charge on any atom is -0.360 e. The van der Waals surface area contributed by atoms with Gasteiger partial charge in [0.05, 0.1) is 11.5 Å². The van der Waals surface area contributed by atoms with Gasteiger partial charge in [-0.3, -0.25) is 4.79 Å². The fraction of sp³-hybridized carbons (Fsp3) is 0.500. The standard InChI is InChI=1S/C10H15N3OS.2ClH/c11-8-9(14)12-3-5-13(6-4-12)10-2-1-7-15-10;;/h1-2,7H,3-6,8,11H2;2*1H. The van der Waals surface area contributed by atoms with E-state index in [0.29, 0.717) is 0 Å². The van der Waals surface area contributed by atoms with E-state index in [1.165, 1.54) is 5.00 Å². The summed E-state index contributed by atoms with van der Waals surface area (Å²) in [6.07, 6.45) is 0. The van der Waals surface area contributed by atoms with Crippen LogP contribution in [0.3, 0.4) is 0 Å². The van der Waals surface area contributed by atoms with Crippen LogP contribution in [0, 0.1) is 0 Å². The molecule has 1 aromatic rings. The predicted molar refractivity (Wildman–Crippen MR) is 76.7 cm³/mol. The highest BCUT2D eigenvalue weighted by atomic mass is 35.5. The Morgan fingerprint density at radius 1 is 1.29 bits per heavy atom. The van der Waals surface area contributed by atoms with Crippen LogP contribution in [0.4, 0.5) is 5.00 Å². The highest BCUT2D eigenvalue weighted by molar-refractivity contribution is 7.14. The van der Waals surface area contributed by atoms with Gasteiger partial charge in [0.25, 0.3) is 0 Å². The van der Waals surface area contributed by atoms with Gasteiger partial charge in [-0.1, -0.05) is 0 Å². The summed E-state index contributed by atoms with van der Waals surface area (Å²) < 4.78 is 0. The third-order valence-electron chi connectivity index (χ3n) is 2.62. The summed E-state index contributed by atoms with van der Waals surface area (Å²) in [6, 6.07) is 4.17. The lowest BCUT2D eigenvalue weighted by atomic mass is 10.3. The Labute approximate surface area is 118 Å². The van der Waals surface area contributed by atoms with Crippen molar-refractivity contribution >= 4 is 47.1 Å². The molecule has 4 nitrogen and oxygen atoms in total. The van der Waals surface area contributed by atoms with Crippen LogP contribution in [-0.4, -0.2) is 43.5 Å². The lowest BCUT2D eigenvalue weighted by Gasteiger charge is -2.35. The zero-order valence-corrected chi connectivity index (χ0v) is 11.8. The quantitative estimate of drug-likeness (QED) is 0.892. The maximum absolute atomic E-state index is 11.3. The second-order valence-corrected chi connectivity index (χ2v) is 4.45. The summed E-state index contributed by atoms with van der Waals surface area (Å²) in [5, 5.41) is 3.36. The first-order valence-corrected chi connectivity index (χ1v) is 5.95. The SMILES string of the molecule is Cl.Cl.NCC(=O)N1CCN(c2cccs2)CC1. The summed E-state index contributed by atoms with van der Waals surface area (Å²) in [7, 11) is 0. The van der Waals surface area contributed by atoms with Crippen molar-refractivity contribution in [2.24, 2.45) is 5.73 Å². The number of anilines is 1. The largest absolute Gasteiger partial charge is 0.360 e. The molecule has 2 heterocycles. The second kappa shape index (κ2) is 7.76. The Hall–Kier alpha value is -0.490. The van der Waals surface area contributed by atoms with Crippen molar-refractivity contribution in [1.29, 1.82) is 0 Å². The number of carbonyl (C=O) groups excluding carboxylic acids is 1. The molecule has 1 saturated heterocycles. The van der Waals surface area contributed by atoms with Crippen molar-refractivity contribution in [1.82, 2.24) is 4.90 Å². The minimum atomic E-state index is 0. The van der Waals surface area contributed by atoms with Crippen LogP contribution in [-0.2, 0) is 4.79 Å². The zero-order chi connectivity index (χ0) is 10.7. The van der Waals surface area contributed by atoms with Gasteiger partial charge in [0.1, 0.15) is 0 Å². The topological polar surface area (TPSA) is 49.6 Å². The smallest absolute Gasteiger partial charge is 0.236 e. The second-order valence-electron chi connectivity index (χ2n) is 3.52. The van der Waals surface area contributed by atoms with E-state index in [1.807, 2.05) is 4.90 Å². The predicted octanol–water partition coefficient (Wildman–Crippen LogP) is 1.20. The van der Waals surface area contributed by atoms with Gasteiger partial charge in [0.2, 0.25) is 5.91 Å². The number of amides is 1. The first kappa shape index (κ1) is 16.5. The normalized spacial score (nSPS) is 14.9. The zero-order valence-electron chi connectivity index (χ0n) is 9.37. The number of hydrogen-bond acceptors (Lipinski definition) is 4. The molecule has 2 N–H and O–H groups in total. The van der Waals surface area contributed by atoms with Crippen molar-refractivity contribution in [2.75, 3.05) is 37.6 Å². The van der Waals surface area contributed by atoms with Gasteiger partial charge in [-0.25, -0.2) is 0 Å². The van der Waals surface area contributed by atoms with Crippen molar-refractivity contribution < 1.29 is 4.79 Å². The number of hydrogen-bond donors (Lipinski definition) is 1. The van der Waals surface area contributed by atoms with Crippen LogP contribution in [0.25, 0.3) is 0 Å². The molecule has 0 spiro atoms. The van der Waals surface area contributed by atoms with Gasteiger partial charge >= 0.3 is 0 Å². The number of halogens is 2. The van der Waals surface area contributed by atoms with Crippen LogP contribution in [0.2, 0.25) is 0 Å². The molecule has 1 aliphatic heterocycles. The fourth-order valence-electron chi connectivity index (χ4n) is 1.76. The van der Waals surface area contributed by atoms with Crippen LogP contribution in [0.1, 0.15) is 0 Å². The Morgan fingerprint density at radius 2 is 1.94 bits per heavy atom. The Bertz CT molecular complexity index is 326. The molecule has 0 atom stereocenters. The molecule has 0 bridgehead atoms. The van der Waals surface area contributed by atoms with Gasteiger partial charge in [0, 0.05) is 26.2 Å². The molecule has 1 aromatic heterocycles. The van der Waals surface area contributed by atoms with E-state index in [9.17, 15) is 4.79 Å². The van der Waals surface area contributed by atoms with Crippen LogP contribution >= 0.6 is 36.2 Å². The minimum absolute atomic E-state index is 0. The Balaban J connectivity index is 0.00000128. The van der Waals surface area contributed by atoms with Crippen molar-refractivity contribution in [3.8, 4) is 0 Å². The fourth-order valence-corrected chi connectivity index (χ4v) is 2.54. The molecular weight excluding hydrogens is 281 g/mol. The molecule has 0 aromatic carbocycles. The van der Waals surface area contributed by atoms with Crippen LogP contribution in [0.15, 0.2) is 17.5 Å². The van der Waals surface area contributed by atoms with Crippen LogP contribution in [0.5, 0.6) is 0 Å². The molecule has 0 radical (unpaired) electrons. The average Bonchev–Trinajstić information content (AvgIpc) is 2.82. The first-order valence-electron chi connectivity index (χ1n) is 5.07. The third kappa shape index (κ3) is 4.03. The molecule has 7 heteroatoms. The molecular formula is C10H17Cl2N3OS. The summed E-state index contributed by atoms with van der Waals surface area (Å²) in [5.41, 5.74) is 5.33. The summed E-state index contributed by atoms with van der Waals surface area (Å²) in [4.78, 5) is 15.5. The molecule has 17 heavy (non-hydrogen) atoms. The van der Waals surface area contributed by atoms with E-state index in [2.05, 4.69) is 22.4 Å². The van der Waals surface area contributed by atoms with Gasteiger partial charge < -0.3 is 15.5 Å². The number of nitrogens with zero attached hydrogens (tertiary/aromatic N) is 2. The third-order valence-corrected chi connectivity index (χ3v) is 3.55. The molecule has 1 amide bonds. The summed E-state index contributed by atoms with van der Waals surface area (Å²) in [5.74, 6) is 0.0563. The van der Waals surface area contributed by atoms with Gasteiger partial charge in [0.15, 0.2) is 0 Å². The van der Waals surface area contributed by atoms with E-state index in [4.69, 9.17) is 5.73 Å². The maximum Gasteiger partial charge on any atom is 0.236 e. The Morgan fingerprint density at radius 3 is 2.41 bits per heavy atom. The lowest BCUT2D eigenvalue weighted by Crippen LogP contribution is -2.50. The van der Waals surface area contributed by atoms with Crippen LogP contribution < -0.4 is 10.6 Å².